The van der Waals surface area contributed by atoms with Gasteiger partial charge < -0.3 is 10.6 Å². The number of carbonyl (C=O) groups is 2. The smallest absolute Gasteiger partial charge is 0.314 e. The summed E-state index contributed by atoms with van der Waals surface area (Å²) in [4.78, 5) is 23.6. The first-order chi connectivity index (χ1) is 11.0. The molecule has 1 heterocycles. The molecule has 0 aliphatic heterocycles. The zero-order chi connectivity index (χ0) is 16.4. The summed E-state index contributed by atoms with van der Waals surface area (Å²) >= 11 is 0. The first-order valence-electron chi connectivity index (χ1n) is 6.53. The number of rotatable bonds is 2. The van der Waals surface area contributed by atoms with E-state index in [1.54, 1.807) is 24.4 Å². The average Bonchev–Trinajstić information content (AvgIpc) is 2.98. The van der Waals surface area contributed by atoms with E-state index in [9.17, 15) is 18.4 Å². The van der Waals surface area contributed by atoms with Crippen LogP contribution in [0.4, 0.5) is 20.2 Å². The van der Waals surface area contributed by atoms with E-state index >= 15 is 0 Å². The Balaban J connectivity index is 1.72. The number of H-pyrrole nitrogens is 1. The van der Waals surface area contributed by atoms with Crippen LogP contribution in [-0.4, -0.2) is 22.0 Å². The van der Waals surface area contributed by atoms with Gasteiger partial charge in [-0.3, -0.25) is 14.7 Å². The molecule has 3 rings (SSSR count). The summed E-state index contributed by atoms with van der Waals surface area (Å²) in [5, 5.41) is 11.8. The summed E-state index contributed by atoms with van der Waals surface area (Å²) in [6.45, 7) is 0. The Morgan fingerprint density at radius 3 is 2.61 bits per heavy atom. The lowest BCUT2D eigenvalue weighted by Crippen LogP contribution is -2.29. The number of carbonyl (C=O) groups excluding carboxylic acids is 2. The van der Waals surface area contributed by atoms with E-state index in [0.717, 1.165) is 23.6 Å². The molecule has 0 atom stereocenters. The number of fused-ring (bicyclic) bond motifs is 1. The van der Waals surface area contributed by atoms with Crippen molar-refractivity contribution in [2.45, 2.75) is 0 Å². The van der Waals surface area contributed by atoms with Gasteiger partial charge in [0.05, 0.1) is 17.4 Å². The zero-order valence-corrected chi connectivity index (χ0v) is 11.6. The first-order valence-corrected chi connectivity index (χ1v) is 6.53. The number of aromatic nitrogens is 2. The largest absolute Gasteiger partial charge is 0.318 e. The summed E-state index contributed by atoms with van der Waals surface area (Å²) in [6.07, 6.45) is 1.61. The van der Waals surface area contributed by atoms with E-state index in [2.05, 4.69) is 15.5 Å². The summed E-state index contributed by atoms with van der Waals surface area (Å²) < 4.78 is 26.5. The zero-order valence-electron chi connectivity index (χ0n) is 11.6. The van der Waals surface area contributed by atoms with Crippen LogP contribution in [0.1, 0.15) is 0 Å². The highest BCUT2D eigenvalue weighted by atomic mass is 19.1. The topological polar surface area (TPSA) is 86.9 Å². The highest BCUT2D eigenvalue weighted by molar-refractivity contribution is 6.43. The van der Waals surface area contributed by atoms with Gasteiger partial charge in [0.2, 0.25) is 0 Å². The molecule has 0 radical (unpaired) electrons. The highest BCUT2D eigenvalue weighted by Crippen LogP contribution is 2.17. The van der Waals surface area contributed by atoms with E-state index in [-0.39, 0.29) is 0 Å². The van der Waals surface area contributed by atoms with E-state index in [4.69, 9.17) is 0 Å². The molecule has 2 aromatic carbocycles. The Hall–Kier alpha value is -3.29. The second-order valence-corrected chi connectivity index (χ2v) is 4.70. The van der Waals surface area contributed by atoms with Crippen molar-refractivity contribution in [1.82, 2.24) is 10.2 Å². The molecule has 6 nitrogen and oxygen atoms in total. The Kier molecular flexibility index (Phi) is 3.71. The number of nitrogens with zero attached hydrogens (tertiary/aromatic N) is 1. The minimum absolute atomic E-state index is 0.363. The van der Waals surface area contributed by atoms with Crippen LogP contribution in [0, 0.1) is 11.6 Å². The molecule has 116 valence electrons. The summed E-state index contributed by atoms with van der Waals surface area (Å²) in [6, 6.07) is 7.44. The molecule has 2 amide bonds. The normalized spacial score (nSPS) is 10.5. The van der Waals surface area contributed by atoms with Crippen LogP contribution in [0.3, 0.4) is 0 Å². The van der Waals surface area contributed by atoms with Crippen molar-refractivity contribution in [2.24, 2.45) is 0 Å². The van der Waals surface area contributed by atoms with Crippen molar-refractivity contribution >= 4 is 34.1 Å². The van der Waals surface area contributed by atoms with Gasteiger partial charge in [-0.1, -0.05) is 0 Å². The molecular weight excluding hydrogens is 306 g/mol. The Morgan fingerprint density at radius 1 is 1.00 bits per heavy atom. The van der Waals surface area contributed by atoms with Crippen LogP contribution in [-0.2, 0) is 9.59 Å². The molecule has 3 N–H and O–H groups in total. The number of aromatic amines is 1. The molecule has 0 aliphatic rings. The summed E-state index contributed by atoms with van der Waals surface area (Å²) in [7, 11) is 0. The highest BCUT2D eigenvalue weighted by Gasteiger charge is 2.16. The molecule has 0 saturated carbocycles. The molecule has 0 spiro atoms. The molecule has 0 unspecified atom stereocenters. The van der Waals surface area contributed by atoms with Gasteiger partial charge in [-0.15, -0.1) is 0 Å². The minimum atomic E-state index is -1.11. The summed E-state index contributed by atoms with van der Waals surface area (Å²) in [5.41, 5.74) is 0.634. The van der Waals surface area contributed by atoms with Crippen LogP contribution in [0.5, 0.6) is 0 Å². The van der Waals surface area contributed by atoms with Crippen molar-refractivity contribution in [3.63, 3.8) is 0 Å². The average molecular weight is 316 g/mol. The van der Waals surface area contributed by atoms with Gasteiger partial charge in [0, 0.05) is 17.1 Å². The maximum Gasteiger partial charge on any atom is 0.314 e. The number of amides is 2. The molecule has 23 heavy (non-hydrogen) atoms. The van der Waals surface area contributed by atoms with E-state index < -0.39 is 29.1 Å². The molecule has 1 aromatic heterocycles. The van der Waals surface area contributed by atoms with E-state index in [0.29, 0.717) is 11.2 Å². The van der Waals surface area contributed by atoms with Gasteiger partial charge in [0.1, 0.15) is 11.6 Å². The number of nitrogens with one attached hydrogen (secondary N) is 3. The lowest BCUT2D eigenvalue weighted by Gasteiger charge is -2.07. The third kappa shape index (κ3) is 3.15. The number of benzene rings is 2. The maximum absolute atomic E-state index is 13.4. The van der Waals surface area contributed by atoms with Gasteiger partial charge in [-0.05, 0) is 30.3 Å². The molecule has 0 aliphatic carbocycles. The fourth-order valence-electron chi connectivity index (χ4n) is 1.98. The predicted molar refractivity (Wildman–Crippen MR) is 79.7 cm³/mol. The van der Waals surface area contributed by atoms with Crippen LogP contribution >= 0.6 is 0 Å². The third-order valence-electron chi connectivity index (χ3n) is 3.08. The van der Waals surface area contributed by atoms with E-state index in [1.165, 1.54) is 0 Å². The van der Waals surface area contributed by atoms with Gasteiger partial charge in [-0.2, -0.15) is 5.10 Å². The van der Waals surface area contributed by atoms with Crippen LogP contribution in [0.15, 0.2) is 42.6 Å². The third-order valence-corrected chi connectivity index (χ3v) is 3.08. The van der Waals surface area contributed by atoms with Crippen molar-refractivity contribution in [1.29, 1.82) is 0 Å². The maximum atomic E-state index is 13.4. The van der Waals surface area contributed by atoms with Crippen molar-refractivity contribution < 1.29 is 18.4 Å². The van der Waals surface area contributed by atoms with Crippen molar-refractivity contribution in [3.05, 3.63) is 54.2 Å². The van der Waals surface area contributed by atoms with Gasteiger partial charge in [-0.25, -0.2) is 8.78 Å². The molecule has 0 fully saturated rings. The van der Waals surface area contributed by atoms with Gasteiger partial charge in [0.25, 0.3) is 0 Å². The number of hydrogen-bond donors (Lipinski definition) is 3. The Morgan fingerprint density at radius 2 is 1.78 bits per heavy atom. The monoisotopic (exact) mass is 316 g/mol. The fourth-order valence-corrected chi connectivity index (χ4v) is 1.98. The lowest BCUT2D eigenvalue weighted by atomic mass is 10.2. The van der Waals surface area contributed by atoms with Gasteiger partial charge >= 0.3 is 11.8 Å². The number of anilines is 2. The van der Waals surface area contributed by atoms with Gasteiger partial charge in [0.15, 0.2) is 0 Å². The number of hydrogen-bond acceptors (Lipinski definition) is 3. The lowest BCUT2D eigenvalue weighted by molar-refractivity contribution is -0.133. The minimum Gasteiger partial charge on any atom is -0.318 e. The first kappa shape index (κ1) is 14.6. The second kappa shape index (κ2) is 5.84. The molecule has 8 heteroatoms. The van der Waals surface area contributed by atoms with E-state index in [1.807, 2.05) is 5.32 Å². The van der Waals surface area contributed by atoms with Crippen LogP contribution in [0.25, 0.3) is 10.9 Å². The van der Waals surface area contributed by atoms with Crippen LogP contribution < -0.4 is 10.6 Å². The molecule has 0 bridgehead atoms. The van der Waals surface area contributed by atoms with Crippen molar-refractivity contribution in [3.8, 4) is 0 Å². The quantitative estimate of drug-likeness (QED) is 0.635. The SMILES string of the molecule is O=C(Nc1ccc2cn[nH]c2c1)C(=O)Nc1cc(F)ccc1F. The summed E-state index contributed by atoms with van der Waals surface area (Å²) in [5.74, 6) is -3.69. The van der Waals surface area contributed by atoms with Crippen LogP contribution in [0.2, 0.25) is 0 Å². The number of halogens is 2. The molecule has 3 aromatic rings. The second-order valence-electron chi connectivity index (χ2n) is 4.70. The Labute approximate surface area is 128 Å². The molecular formula is C15H10F2N4O2. The standard InChI is InChI=1S/C15H10F2N4O2/c16-9-2-4-11(17)13(5-9)20-15(23)14(22)19-10-3-1-8-7-18-21-12(8)6-10/h1-7H,(H,18,21)(H,19,22)(H,20,23). The fraction of sp³-hybridized carbons (Fsp3) is 0. The van der Waals surface area contributed by atoms with Crippen molar-refractivity contribution in [2.75, 3.05) is 10.6 Å². The Bertz CT molecular complexity index is 907. The predicted octanol–water partition coefficient (Wildman–Crippen LogP) is 2.42. The molecule has 0 saturated heterocycles.